The second-order valence-corrected chi connectivity index (χ2v) is 10.7. The normalized spacial score (nSPS) is 29.6. The van der Waals surface area contributed by atoms with E-state index in [0.29, 0.717) is 0 Å². The van der Waals surface area contributed by atoms with Crippen molar-refractivity contribution in [1.82, 2.24) is 0 Å². The summed E-state index contributed by atoms with van der Waals surface area (Å²) in [5.74, 6) is 0. The molecule has 1 aliphatic heterocycles. The Balaban J connectivity index is 2.73. The fourth-order valence-corrected chi connectivity index (χ4v) is 8.15. The predicted octanol–water partition coefficient (Wildman–Crippen LogP) is 1.30. The van der Waals surface area contributed by atoms with Gasteiger partial charge in [-0.05, 0) is 0 Å². The van der Waals surface area contributed by atoms with Gasteiger partial charge in [-0.3, -0.25) is 0 Å². The molecule has 0 fully saturated rings. The molecule has 0 aromatic carbocycles. The molecule has 0 aromatic rings. The first-order chi connectivity index (χ1) is 3.84. The van der Waals surface area contributed by atoms with Crippen molar-refractivity contribution in [1.29, 1.82) is 0 Å². The molecular weight excluding hydrogens is 230 g/mol. The molecule has 44 valence electrons. The second kappa shape index (κ2) is 3.00. The Hall–Kier alpha value is 0.672. The third-order valence-corrected chi connectivity index (χ3v) is 9.87. The third-order valence-electron chi connectivity index (χ3n) is 1.09. The number of rotatable bonds is 1. The van der Waals surface area contributed by atoms with Crippen molar-refractivity contribution >= 4 is 33.9 Å². The van der Waals surface area contributed by atoms with Gasteiger partial charge in [-0.25, -0.2) is 0 Å². The van der Waals surface area contributed by atoms with Crippen LogP contribution in [0.15, 0.2) is 9.66 Å². The van der Waals surface area contributed by atoms with Crippen LogP contribution >= 0.6 is 17.5 Å². The van der Waals surface area contributed by atoms with Crippen LogP contribution in [0.5, 0.6) is 0 Å². The summed E-state index contributed by atoms with van der Waals surface area (Å²) in [5, 5.41) is 0. The minimum atomic E-state index is -1.79. The Morgan fingerprint density at radius 2 is 2.62 bits per heavy atom. The number of allylic oxidation sites excluding steroid dienone is 2. The Bertz CT molecular complexity index is 171. The van der Waals surface area contributed by atoms with E-state index in [0.717, 1.165) is 6.42 Å². The Labute approximate surface area is 59.7 Å². The molecule has 0 aliphatic carbocycles. The van der Waals surface area contributed by atoms with Crippen LogP contribution < -0.4 is 0 Å². The van der Waals surface area contributed by atoms with Gasteiger partial charge >= 0.3 is 59.9 Å². The monoisotopic (exact) mass is 238 g/mol. The molecule has 0 bridgehead atoms. The van der Waals surface area contributed by atoms with Crippen LogP contribution in [0.2, 0.25) is 0 Å². The summed E-state index contributed by atoms with van der Waals surface area (Å²) < 4.78 is 12.3. The van der Waals surface area contributed by atoms with Gasteiger partial charge in [-0.15, -0.1) is 0 Å². The number of hydrogen-bond acceptors (Lipinski definition) is 1. The first kappa shape index (κ1) is 6.79. The second-order valence-electron chi connectivity index (χ2n) is 1.61. The SMILES string of the molecule is CCC1=C[CH]=[Al][IH]1=O. The van der Waals surface area contributed by atoms with E-state index >= 15 is 0 Å². The zero-order chi connectivity index (χ0) is 5.98. The number of hydrogen-bond donors (Lipinski definition) is 0. The average molecular weight is 238 g/mol. The van der Waals surface area contributed by atoms with E-state index in [2.05, 4.69) is 17.9 Å². The van der Waals surface area contributed by atoms with E-state index in [9.17, 15) is 3.07 Å². The summed E-state index contributed by atoms with van der Waals surface area (Å²) in [5.41, 5.74) is 0. The molecule has 0 saturated heterocycles. The van der Waals surface area contributed by atoms with Crippen molar-refractivity contribution in [3.63, 3.8) is 0 Å². The van der Waals surface area contributed by atoms with Crippen molar-refractivity contribution in [2.45, 2.75) is 13.3 Å². The minimum absolute atomic E-state index is 0.236. The van der Waals surface area contributed by atoms with Crippen molar-refractivity contribution in [3.8, 4) is 0 Å². The third kappa shape index (κ3) is 1.34. The van der Waals surface area contributed by atoms with Gasteiger partial charge < -0.3 is 0 Å². The fourth-order valence-electron chi connectivity index (χ4n) is 0.633. The first-order valence-corrected chi connectivity index (χ1v) is 9.91. The zero-order valence-electron chi connectivity index (χ0n) is 4.76. The zero-order valence-corrected chi connectivity index (χ0v) is 8.24. The topological polar surface area (TPSA) is 17.1 Å². The van der Waals surface area contributed by atoms with Gasteiger partial charge in [0.05, 0.1) is 0 Å². The molecule has 0 N–H and O–H groups in total. The summed E-state index contributed by atoms with van der Waals surface area (Å²) in [6, 6.07) is 0. The van der Waals surface area contributed by atoms with Gasteiger partial charge in [0.2, 0.25) is 0 Å². The first-order valence-electron chi connectivity index (χ1n) is 2.62. The molecule has 1 aliphatic rings. The van der Waals surface area contributed by atoms with Gasteiger partial charge in [0.15, 0.2) is 0 Å². The van der Waals surface area contributed by atoms with Crippen LogP contribution in [0.25, 0.3) is 0 Å². The molecule has 1 heterocycles. The molecule has 0 aromatic heterocycles. The Morgan fingerprint density at radius 3 is 2.88 bits per heavy atom. The van der Waals surface area contributed by atoms with E-state index < -0.39 is 17.5 Å². The van der Waals surface area contributed by atoms with Crippen LogP contribution in [0.1, 0.15) is 13.3 Å². The van der Waals surface area contributed by atoms with Gasteiger partial charge in [0, 0.05) is 0 Å². The van der Waals surface area contributed by atoms with E-state index in [1.165, 1.54) is 3.58 Å². The molecule has 1 unspecified atom stereocenters. The molecule has 0 saturated carbocycles. The maximum absolute atomic E-state index is 11.0. The summed E-state index contributed by atoms with van der Waals surface area (Å²) in [6.45, 7) is 2.08. The van der Waals surface area contributed by atoms with E-state index in [4.69, 9.17) is 0 Å². The summed E-state index contributed by atoms with van der Waals surface area (Å²) >= 11 is -1.56. The van der Waals surface area contributed by atoms with E-state index in [1.807, 2.05) is 0 Å². The molecule has 1 nitrogen and oxygen atoms in total. The predicted molar refractivity (Wildman–Crippen MR) is 46.3 cm³/mol. The van der Waals surface area contributed by atoms with Crippen LogP contribution in [0.4, 0.5) is 0 Å². The summed E-state index contributed by atoms with van der Waals surface area (Å²) in [4.78, 5) is 2.11. The fraction of sp³-hybridized carbons (Fsp3) is 0.400. The van der Waals surface area contributed by atoms with Crippen LogP contribution in [0, 0.1) is 0 Å². The van der Waals surface area contributed by atoms with Gasteiger partial charge in [-0.2, -0.15) is 0 Å². The molecule has 1 rings (SSSR count). The molecule has 3 heteroatoms. The standard InChI is InChI=1S/C5H8IO.Al/c1-3-5(4-2)6-7;/h1,3,6H,4H2,2H3;. The van der Waals surface area contributed by atoms with Crippen molar-refractivity contribution in [2.75, 3.05) is 0 Å². The molecule has 1 atom stereocenters. The molecular formula is C5H8AlIO. The van der Waals surface area contributed by atoms with Crippen LogP contribution in [-0.4, -0.2) is 16.4 Å². The molecule has 0 radical (unpaired) electrons. The van der Waals surface area contributed by atoms with Gasteiger partial charge in [-0.1, -0.05) is 0 Å². The van der Waals surface area contributed by atoms with Crippen molar-refractivity contribution in [3.05, 3.63) is 9.66 Å². The van der Waals surface area contributed by atoms with Crippen LogP contribution in [0.3, 0.4) is 0 Å². The Kier molecular flexibility index (Phi) is 2.54. The maximum atomic E-state index is 11.0. The van der Waals surface area contributed by atoms with E-state index in [-0.39, 0.29) is 11.5 Å². The number of halogens is 1. The summed E-state index contributed by atoms with van der Waals surface area (Å²) in [6.07, 6.45) is 3.09. The molecule has 0 spiro atoms. The van der Waals surface area contributed by atoms with E-state index in [1.54, 1.807) is 0 Å². The molecule has 8 heavy (non-hydrogen) atoms. The quantitative estimate of drug-likeness (QED) is 0.497. The van der Waals surface area contributed by atoms with Crippen LogP contribution in [-0.2, 0) is 3.07 Å². The van der Waals surface area contributed by atoms with Gasteiger partial charge in [0.25, 0.3) is 0 Å². The van der Waals surface area contributed by atoms with Gasteiger partial charge in [0.1, 0.15) is 0 Å². The average Bonchev–Trinajstić information content (AvgIpc) is 2.14. The molecule has 0 amide bonds. The van der Waals surface area contributed by atoms with Crippen molar-refractivity contribution < 1.29 is 3.07 Å². The summed E-state index contributed by atoms with van der Waals surface area (Å²) in [7, 11) is 0. The Morgan fingerprint density at radius 1 is 1.88 bits per heavy atom. The van der Waals surface area contributed by atoms with Crippen molar-refractivity contribution in [2.24, 2.45) is 0 Å².